The normalized spacial score (nSPS) is 21.0. The van der Waals surface area contributed by atoms with Gasteiger partial charge in [-0.25, -0.2) is 4.39 Å². The maximum Gasteiger partial charge on any atom is 0.168 e. The summed E-state index contributed by atoms with van der Waals surface area (Å²) in [6.07, 6.45) is -0.730. The summed E-state index contributed by atoms with van der Waals surface area (Å²) < 4.78 is 26.1. The van der Waals surface area contributed by atoms with E-state index in [0.29, 0.717) is 28.7 Å². The molecule has 0 fully saturated rings. The fourth-order valence-electron chi connectivity index (χ4n) is 2.61. The second-order valence-corrected chi connectivity index (χ2v) is 5.00. The van der Waals surface area contributed by atoms with Gasteiger partial charge in [0.25, 0.3) is 0 Å². The zero-order valence-corrected chi connectivity index (χ0v) is 11.9. The molecule has 1 aliphatic heterocycles. The van der Waals surface area contributed by atoms with Gasteiger partial charge in [0.1, 0.15) is 23.5 Å². The summed E-state index contributed by atoms with van der Waals surface area (Å²) in [5, 5.41) is 8.27. The second-order valence-electron chi connectivity index (χ2n) is 5.00. The average molecular weight is 292 g/mol. The van der Waals surface area contributed by atoms with Gasteiger partial charge >= 0.3 is 0 Å². The van der Waals surface area contributed by atoms with Gasteiger partial charge in [0.15, 0.2) is 5.82 Å². The van der Waals surface area contributed by atoms with Crippen LogP contribution in [0.1, 0.15) is 18.3 Å². The molecule has 2 aromatic rings. The number of hydrogen-bond donors (Lipinski definition) is 1. The van der Waals surface area contributed by atoms with Crippen LogP contribution in [-0.4, -0.2) is 35.2 Å². The SMILES string of the molecule is COc1ccc(OC)c(-c2nnc3n2CC(F)CC3N)c1. The van der Waals surface area contributed by atoms with Crippen LogP contribution in [0.25, 0.3) is 11.4 Å². The standard InChI is InChI=1S/C14H17FN4O2/c1-20-9-3-4-12(21-2)10(6-9)13-17-18-14-11(16)5-8(15)7-19(13)14/h3-4,6,8,11H,5,7,16H2,1-2H3. The number of rotatable bonds is 3. The van der Waals surface area contributed by atoms with Crippen molar-refractivity contribution in [2.45, 2.75) is 25.2 Å². The molecule has 0 spiro atoms. The molecule has 1 aliphatic rings. The Morgan fingerprint density at radius 3 is 2.81 bits per heavy atom. The lowest BCUT2D eigenvalue weighted by atomic mass is 10.1. The van der Waals surface area contributed by atoms with Crippen molar-refractivity contribution < 1.29 is 13.9 Å². The predicted molar refractivity (Wildman–Crippen MR) is 75.0 cm³/mol. The average Bonchev–Trinajstić information content (AvgIpc) is 2.90. The third-order valence-corrected chi connectivity index (χ3v) is 3.65. The molecule has 1 aromatic heterocycles. The summed E-state index contributed by atoms with van der Waals surface area (Å²) >= 11 is 0. The van der Waals surface area contributed by atoms with Gasteiger partial charge in [0.05, 0.1) is 32.4 Å². The number of halogens is 1. The Morgan fingerprint density at radius 2 is 2.10 bits per heavy atom. The number of nitrogens with zero attached hydrogens (tertiary/aromatic N) is 3. The van der Waals surface area contributed by atoms with Crippen LogP contribution in [0.4, 0.5) is 4.39 Å². The molecule has 7 heteroatoms. The molecule has 3 rings (SSSR count). The van der Waals surface area contributed by atoms with Gasteiger partial charge in [0.2, 0.25) is 0 Å². The lowest BCUT2D eigenvalue weighted by Gasteiger charge is -2.23. The maximum absolute atomic E-state index is 13.8. The Bertz CT molecular complexity index is 658. The molecule has 0 saturated heterocycles. The van der Waals surface area contributed by atoms with Crippen molar-refractivity contribution in [2.24, 2.45) is 5.73 Å². The van der Waals surface area contributed by atoms with Crippen molar-refractivity contribution in [3.05, 3.63) is 24.0 Å². The molecule has 2 N–H and O–H groups in total. The fourth-order valence-corrected chi connectivity index (χ4v) is 2.61. The van der Waals surface area contributed by atoms with Gasteiger partial charge in [-0.05, 0) is 18.2 Å². The van der Waals surface area contributed by atoms with Gasteiger partial charge in [0, 0.05) is 6.42 Å². The highest BCUT2D eigenvalue weighted by atomic mass is 19.1. The van der Waals surface area contributed by atoms with Crippen LogP contribution in [0.2, 0.25) is 0 Å². The minimum absolute atomic E-state index is 0.200. The molecule has 6 nitrogen and oxygen atoms in total. The number of alkyl halides is 1. The Balaban J connectivity index is 2.13. The van der Waals surface area contributed by atoms with E-state index in [-0.39, 0.29) is 13.0 Å². The molecule has 2 atom stereocenters. The molecule has 0 saturated carbocycles. The number of nitrogens with two attached hydrogens (primary N) is 1. The second kappa shape index (κ2) is 5.33. The number of hydrogen-bond acceptors (Lipinski definition) is 5. The van der Waals surface area contributed by atoms with Crippen LogP contribution in [0.15, 0.2) is 18.2 Å². The highest BCUT2D eigenvalue weighted by Gasteiger charge is 2.29. The number of ether oxygens (including phenoxy) is 2. The fraction of sp³-hybridized carbons (Fsp3) is 0.429. The first kappa shape index (κ1) is 13.8. The van der Waals surface area contributed by atoms with E-state index in [0.717, 1.165) is 0 Å². The van der Waals surface area contributed by atoms with Crippen molar-refractivity contribution in [3.63, 3.8) is 0 Å². The molecular weight excluding hydrogens is 275 g/mol. The van der Waals surface area contributed by atoms with Crippen LogP contribution < -0.4 is 15.2 Å². The predicted octanol–water partition coefficient (Wildman–Crippen LogP) is 1.70. The zero-order valence-electron chi connectivity index (χ0n) is 11.9. The largest absolute Gasteiger partial charge is 0.497 e. The third-order valence-electron chi connectivity index (χ3n) is 3.65. The molecule has 1 aromatic carbocycles. The van der Waals surface area contributed by atoms with Gasteiger partial charge in [-0.1, -0.05) is 0 Å². The third kappa shape index (κ3) is 2.33. The number of fused-ring (bicyclic) bond motifs is 1. The summed E-state index contributed by atoms with van der Waals surface area (Å²) in [7, 11) is 3.15. The number of benzene rings is 1. The molecule has 0 amide bonds. The summed E-state index contributed by atoms with van der Waals surface area (Å²) in [6, 6.07) is 4.93. The van der Waals surface area contributed by atoms with E-state index in [9.17, 15) is 4.39 Å². The van der Waals surface area contributed by atoms with E-state index in [4.69, 9.17) is 15.2 Å². The molecule has 2 unspecified atom stereocenters. The highest BCUT2D eigenvalue weighted by molar-refractivity contribution is 5.67. The first-order valence-electron chi connectivity index (χ1n) is 6.69. The zero-order chi connectivity index (χ0) is 15.0. The minimum Gasteiger partial charge on any atom is -0.497 e. The van der Waals surface area contributed by atoms with Crippen LogP contribution in [-0.2, 0) is 6.54 Å². The van der Waals surface area contributed by atoms with Crippen molar-refractivity contribution in [1.29, 1.82) is 0 Å². The molecule has 112 valence electrons. The number of methoxy groups -OCH3 is 2. The topological polar surface area (TPSA) is 75.2 Å². The van der Waals surface area contributed by atoms with Crippen molar-refractivity contribution in [3.8, 4) is 22.9 Å². The quantitative estimate of drug-likeness (QED) is 0.932. The van der Waals surface area contributed by atoms with Crippen molar-refractivity contribution >= 4 is 0 Å². The Hall–Kier alpha value is -2.15. The lowest BCUT2D eigenvalue weighted by molar-refractivity contribution is 0.231. The van der Waals surface area contributed by atoms with E-state index >= 15 is 0 Å². The Kier molecular flexibility index (Phi) is 3.50. The molecule has 0 aliphatic carbocycles. The summed E-state index contributed by atoms with van der Waals surface area (Å²) in [5.41, 5.74) is 6.64. The highest BCUT2D eigenvalue weighted by Crippen LogP contribution is 2.35. The summed E-state index contributed by atoms with van der Waals surface area (Å²) in [6.45, 7) is 0.200. The van der Waals surface area contributed by atoms with Gasteiger partial charge in [-0.2, -0.15) is 0 Å². The molecule has 0 bridgehead atoms. The van der Waals surface area contributed by atoms with Crippen LogP contribution in [0, 0.1) is 0 Å². The van der Waals surface area contributed by atoms with E-state index in [1.807, 2.05) is 0 Å². The van der Waals surface area contributed by atoms with E-state index < -0.39 is 12.2 Å². The molecule has 0 radical (unpaired) electrons. The first-order valence-corrected chi connectivity index (χ1v) is 6.69. The summed E-state index contributed by atoms with van der Waals surface area (Å²) in [5.74, 6) is 2.43. The van der Waals surface area contributed by atoms with E-state index in [2.05, 4.69) is 10.2 Å². The maximum atomic E-state index is 13.8. The van der Waals surface area contributed by atoms with Crippen LogP contribution in [0.3, 0.4) is 0 Å². The Labute approximate surface area is 121 Å². The smallest absolute Gasteiger partial charge is 0.168 e. The summed E-state index contributed by atoms with van der Waals surface area (Å²) in [4.78, 5) is 0. The van der Waals surface area contributed by atoms with Crippen LogP contribution >= 0.6 is 0 Å². The Morgan fingerprint density at radius 1 is 1.29 bits per heavy atom. The van der Waals surface area contributed by atoms with Crippen LogP contribution in [0.5, 0.6) is 11.5 Å². The first-order chi connectivity index (χ1) is 10.1. The molecule has 21 heavy (non-hydrogen) atoms. The van der Waals surface area contributed by atoms with Gasteiger partial charge in [-0.15, -0.1) is 10.2 Å². The van der Waals surface area contributed by atoms with Gasteiger partial charge < -0.3 is 19.8 Å². The molecular formula is C14H17FN4O2. The lowest BCUT2D eigenvalue weighted by Crippen LogP contribution is -2.30. The minimum atomic E-state index is -1.00. The molecule has 2 heterocycles. The van der Waals surface area contributed by atoms with E-state index in [1.165, 1.54) is 0 Å². The van der Waals surface area contributed by atoms with E-state index in [1.54, 1.807) is 37.0 Å². The van der Waals surface area contributed by atoms with Gasteiger partial charge in [-0.3, -0.25) is 0 Å². The monoisotopic (exact) mass is 292 g/mol. The van der Waals surface area contributed by atoms with Crippen molar-refractivity contribution in [1.82, 2.24) is 14.8 Å². The van der Waals surface area contributed by atoms with Crippen molar-refractivity contribution in [2.75, 3.05) is 14.2 Å². The number of aromatic nitrogens is 3.